The molecule has 1 aromatic carbocycles. The van der Waals surface area contributed by atoms with Gasteiger partial charge in [-0.25, -0.2) is 4.98 Å². The zero-order valence-electron chi connectivity index (χ0n) is 15.1. The second-order valence-corrected chi connectivity index (χ2v) is 6.79. The first kappa shape index (κ1) is 19.2. The van der Waals surface area contributed by atoms with E-state index in [0.29, 0.717) is 25.5 Å². The number of quaternary nitrogens is 1. The highest BCUT2D eigenvalue weighted by Crippen LogP contribution is 2.28. The zero-order valence-corrected chi connectivity index (χ0v) is 15.1. The molecule has 27 heavy (non-hydrogen) atoms. The summed E-state index contributed by atoms with van der Waals surface area (Å²) < 4.78 is 37.9. The SMILES string of the molecule is Cc1cccc(NC(=O)C[NH+]2CCN(c3ccc(C(F)(F)F)c[nH+]3)CC2)c1. The second-order valence-electron chi connectivity index (χ2n) is 6.79. The number of hydrogen-bond donors (Lipinski definition) is 2. The number of amides is 1. The second kappa shape index (κ2) is 7.96. The molecular weight excluding hydrogens is 357 g/mol. The topological polar surface area (TPSA) is 50.9 Å². The van der Waals surface area contributed by atoms with Crippen LogP contribution in [0.3, 0.4) is 0 Å². The minimum Gasteiger partial charge on any atom is -0.321 e. The quantitative estimate of drug-likeness (QED) is 0.837. The van der Waals surface area contributed by atoms with Gasteiger partial charge in [0.25, 0.3) is 11.7 Å². The third-order valence-electron chi connectivity index (χ3n) is 4.65. The number of nitrogens with one attached hydrogen (secondary N) is 3. The number of hydrogen-bond acceptors (Lipinski definition) is 2. The van der Waals surface area contributed by atoms with Crippen molar-refractivity contribution in [3.05, 3.63) is 53.7 Å². The van der Waals surface area contributed by atoms with Gasteiger partial charge in [-0.3, -0.25) is 9.69 Å². The molecule has 2 heterocycles. The van der Waals surface area contributed by atoms with Gasteiger partial charge in [-0.1, -0.05) is 12.1 Å². The Morgan fingerprint density at radius 2 is 1.96 bits per heavy atom. The molecule has 1 aromatic heterocycles. The average Bonchev–Trinajstić information content (AvgIpc) is 2.62. The molecule has 1 aliphatic heterocycles. The smallest absolute Gasteiger partial charge is 0.321 e. The number of rotatable bonds is 4. The predicted octanol–water partition coefficient (Wildman–Crippen LogP) is 1.17. The van der Waals surface area contributed by atoms with Crippen molar-refractivity contribution in [1.82, 2.24) is 0 Å². The van der Waals surface area contributed by atoms with E-state index >= 15 is 0 Å². The summed E-state index contributed by atoms with van der Waals surface area (Å²) in [5.74, 6) is 0.622. The highest BCUT2D eigenvalue weighted by atomic mass is 19.4. The van der Waals surface area contributed by atoms with Crippen LogP contribution in [0.25, 0.3) is 0 Å². The van der Waals surface area contributed by atoms with Crippen LogP contribution in [-0.4, -0.2) is 38.6 Å². The van der Waals surface area contributed by atoms with Gasteiger partial charge in [0, 0.05) is 11.8 Å². The Bertz CT molecular complexity index is 784. The lowest BCUT2D eigenvalue weighted by Gasteiger charge is -2.28. The number of aromatic amines is 1. The first-order valence-corrected chi connectivity index (χ1v) is 8.85. The van der Waals surface area contributed by atoms with Gasteiger partial charge in [0.05, 0.1) is 5.56 Å². The molecule has 0 bridgehead atoms. The van der Waals surface area contributed by atoms with Gasteiger partial charge in [-0.2, -0.15) is 13.2 Å². The Morgan fingerprint density at radius 3 is 2.56 bits per heavy atom. The predicted molar refractivity (Wildman–Crippen MR) is 95.6 cm³/mol. The van der Waals surface area contributed by atoms with Crippen molar-refractivity contribution in [2.75, 3.05) is 42.9 Å². The van der Waals surface area contributed by atoms with Crippen LogP contribution in [0.5, 0.6) is 0 Å². The van der Waals surface area contributed by atoms with E-state index in [1.54, 1.807) is 0 Å². The van der Waals surface area contributed by atoms with Gasteiger partial charge in [0.1, 0.15) is 32.4 Å². The van der Waals surface area contributed by atoms with E-state index in [1.807, 2.05) is 36.1 Å². The molecule has 0 atom stereocenters. The van der Waals surface area contributed by atoms with E-state index in [4.69, 9.17) is 0 Å². The van der Waals surface area contributed by atoms with E-state index in [1.165, 1.54) is 6.07 Å². The molecule has 5 nitrogen and oxygen atoms in total. The first-order chi connectivity index (χ1) is 12.8. The lowest BCUT2D eigenvalue weighted by molar-refractivity contribution is -0.892. The number of carbonyl (C=O) groups is 1. The Hall–Kier alpha value is -2.61. The van der Waals surface area contributed by atoms with Gasteiger partial charge in [0.2, 0.25) is 0 Å². The molecule has 0 unspecified atom stereocenters. The fraction of sp³-hybridized carbons (Fsp3) is 0.368. The van der Waals surface area contributed by atoms with Gasteiger partial charge in [0.15, 0.2) is 6.54 Å². The summed E-state index contributed by atoms with van der Waals surface area (Å²) in [7, 11) is 0. The molecule has 1 fully saturated rings. The van der Waals surface area contributed by atoms with Crippen molar-refractivity contribution >= 4 is 17.4 Å². The van der Waals surface area contributed by atoms with Crippen molar-refractivity contribution in [3.8, 4) is 0 Å². The molecule has 1 aliphatic rings. The summed E-state index contributed by atoms with van der Waals surface area (Å²) >= 11 is 0. The van der Waals surface area contributed by atoms with E-state index in [9.17, 15) is 18.0 Å². The summed E-state index contributed by atoms with van der Waals surface area (Å²) in [6.07, 6.45) is -3.35. The van der Waals surface area contributed by atoms with E-state index in [2.05, 4.69) is 10.3 Å². The normalized spacial score (nSPS) is 15.6. The molecule has 3 rings (SSSR count). The van der Waals surface area contributed by atoms with Crippen LogP contribution in [-0.2, 0) is 11.0 Å². The van der Waals surface area contributed by atoms with E-state index < -0.39 is 11.7 Å². The Balaban J connectivity index is 1.49. The molecule has 0 spiro atoms. The van der Waals surface area contributed by atoms with Gasteiger partial charge in [-0.05, 0) is 30.7 Å². The molecule has 0 radical (unpaired) electrons. The maximum atomic E-state index is 12.6. The zero-order chi connectivity index (χ0) is 19.4. The average molecular weight is 380 g/mol. The number of piperazine rings is 1. The van der Waals surface area contributed by atoms with Crippen LogP contribution in [0.2, 0.25) is 0 Å². The molecule has 1 saturated heterocycles. The number of carbonyl (C=O) groups excluding carboxylic acids is 1. The van der Waals surface area contributed by atoms with Crippen molar-refractivity contribution < 1.29 is 27.8 Å². The maximum Gasteiger partial charge on any atom is 0.419 e. The number of H-pyrrole nitrogens is 1. The summed E-state index contributed by atoms with van der Waals surface area (Å²) in [6.45, 7) is 5.19. The number of benzene rings is 1. The Kier molecular flexibility index (Phi) is 5.65. The lowest BCUT2D eigenvalue weighted by atomic mass is 10.2. The van der Waals surface area contributed by atoms with Crippen LogP contribution in [0, 0.1) is 6.92 Å². The molecule has 144 valence electrons. The number of alkyl halides is 3. The number of nitrogens with zero attached hydrogens (tertiary/aromatic N) is 1. The Labute approximate surface area is 155 Å². The summed E-state index contributed by atoms with van der Waals surface area (Å²) in [4.78, 5) is 18.1. The van der Waals surface area contributed by atoms with Crippen LogP contribution >= 0.6 is 0 Å². The summed E-state index contributed by atoms with van der Waals surface area (Å²) in [5.41, 5.74) is 1.18. The molecular formula is C19H23F3N4O+2. The summed E-state index contributed by atoms with van der Waals surface area (Å²) in [6, 6.07) is 10.2. The largest absolute Gasteiger partial charge is 0.419 e. The van der Waals surface area contributed by atoms with Gasteiger partial charge in [-0.15, -0.1) is 0 Å². The number of aryl methyl sites for hydroxylation is 1. The fourth-order valence-corrected chi connectivity index (χ4v) is 3.19. The van der Waals surface area contributed by atoms with Gasteiger partial charge >= 0.3 is 6.18 Å². The van der Waals surface area contributed by atoms with Gasteiger partial charge < -0.3 is 10.2 Å². The standard InChI is InChI=1S/C19H21F3N4O/c1-14-3-2-4-16(11-14)24-18(27)13-25-7-9-26(10-8-25)17-6-5-15(12-23-17)19(20,21)22/h2-6,11-12H,7-10,13H2,1H3,(H,24,27)/p+2. The van der Waals surface area contributed by atoms with Crippen LogP contribution < -0.4 is 20.1 Å². The van der Waals surface area contributed by atoms with Crippen molar-refractivity contribution in [2.45, 2.75) is 13.1 Å². The molecule has 8 heteroatoms. The third kappa shape index (κ3) is 5.19. The molecule has 0 saturated carbocycles. The first-order valence-electron chi connectivity index (χ1n) is 8.85. The minimum absolute atomic E-state index is 0.0369. The highest BCUT2D eigenvalue weighted by molar-refractivity contribution is 5.91. The number of anilines is 2. The number of pyridine rings is 1. The van der Waals surface area contributed by atoms with Crippen molar-refractivity contribution in [3.63, 3.8) is 0 Å². The lowest BCUT2D eigenvalue weighted by Crippen LogP contribution is -3.15. The third-order valence-corrected chi connectivity index (χ3v) is 4.65. The van der Waals surface area contributed by atoms with Crippen LogP contribution in [0.15, 0.2) is 42.6 Å². The van der Waals surface area contributed by atoms with E-state index in [-0.39, 0.29) is 5.91 Å². The maximum absolute atomic E-state index is 12.6. The van der Waals surface area contributed by atoms with Crippen molar-refractivity contribution in [2.24, 2.45) is 0 Å². The fourth-order valence-electron chi connectivity index (χ4n) is 3.19. The Morgan fingerprint density at radius 1 is 1.22 bits per heavy atom. The minimum atomic E-state index is -4.34. The molecule has 1 amide bonds. The van der Waals surface area contributed by atoms with Crippen LogP contribution in [0.4, 0.5) is 24.7 Å². The van der Waals surface area contributed by atoms with E-state index in [0.717, 1.165) is 41.5 Å². The van der Waals surface area contributed by atoms with Crippen LogP contribution in [0.1, 0.15) is 11.1 Å². The molecule has 0 aliphatic carbocycles. The highest BCUT2D eigenvalue weighted by Gasteiger charge is 2.33. The summed E-state index contributed by atoms with van der Waals surface area (Å²) in [5, 5.41) is 2.91. The molecule has 2 aromatic rings. The van der Waals surface area contributed by atoms with Crippen molar-refractivity contribution in [1.29, 1.82) is 0 Å². The number of halogens is 3. The molecule has 3 N–H and O–H groups in total. The monoisotopic (exact) mass is 380 g/mol. The number of aromatic nitrogens is 1.